The third-order valence-electron chi connectivity index (χ3n) is 2.37. The Morgan fingerprint density at radius 2 is 2.25 bits per heavy atom. The maximum Gasteiger partial charge on any atom is 0.0682 e. The lowest BCUT2D eigenvalue weighted by Gasteiger charge is -2.16. The highest BCUT2D eigenvalue weighted by Crippen LogP contribution is 2.24. The molecule has 1 aromatic rings. The fourth-order valence-corrected chi connectivity index (χ4v) is 1.59. The lowest BCUT2D eigenvalue weighted by Crippen LogP contribution is -2.17. The van der Waals surface area contributed by atoms with Crippen LogP contribution in [0.4, 0.5) is 5.69 Å². The van der Waals surface area contributed by atoms with E-state index in [0.29, 0.717) is 11.6 Å². The van der Waals surface area contributed by atoms with Crippen molar-refractivity contribution in [1.29, 1.82) is 0 Å². The molecule has 0 saturated heterocycles. The predicted octanol–water partition coefficient (Wildman–Crippen LogP) is 2.67. The third-order valence-corrected chi connectivity index (χ3v) is 2.70. The van der Waals surface area contributed by atoms with Gasteiger partial charge in [-0.1, -0.05) is 17.7 Å². The summed E-state index contributed by atoms with van der Waals surface area (Å²) in [5.41, 5.74) is 1.71. The van der Waals surface area contributed by atoms with Gasteiger partial charge < -0.3 is 15.2 Å². The molecule has 3 nitrogen and oxygen atoms in total. The van der Waals surface area contributed by atoms with Crippen molar-refractivity contribution in [2.24, 2.45) is 0 Å². The van der Waals surface area contributed by atoms with Gasteiger partial charge >= 0.3 is 0 Å². The standard InChI is InChI=1S/C12H18ClNO2/c1-9(5-6-16-2)14-12-7-10(8-15)3-4-11(12)13/h3-4,7,9,14-15H,5-6,8H2,1-2H3. The number of methoxy groups -OCH3 is 1. The number of aliphatic hydroxyl groups is 1. The first kappa shape index (κ1) is 13.3. The lowest BCUT2D eigenvalue weighted by molar-refractivity contribution is 0.191. The van der Waals surface area contributed by atoms with E-state index in [2.05, 4.69) is 12.2 Å². The fraction of sp³-hybridized carbons (Fsp3) is 0.500. The number of nitrogens with one attached hydrogen (secondary N) is 1. The van der Waals surface area contributed by atoms with E-state index in [1.165, 1.54) is 0 Å². The van der Waals surface area contributed by atoms with Crippen LogP contribution in [0.5, 0.6) is 0 Å². The van der Waals surface area contributed by atoms with Gasteiger partial charge in [-0.2, -0.15) is 0 Å². The molecular formula is C12H18ClNO2. The molecule has 0 aliphatic heterocycles. The number of aliphatic hydroxyl groups excluding tert-OH is 1. The molecule has 0 bridgehead atoms. The van der Waals surface area contributed by atoms with Gasteiger partial charge in [-0.15, -0.1) is 0 Å². The predicted molar refractivity (Wildman–Crippen MR) is 67.0 cm³/mol. The van der Waals surface area contributed by atoms with Crippen molar-refractivity contribution < 1.29 is 9.84 Å². The topological polar surface area (TPSA) is 41.5 Å². The molecule has 0 saturated carbocycles. The van der Waals surface area contributed by atoms with E-state index < -0.39 is 0 Å². The maximum absolute atomic E-state index is 9.04. The first-order valence-corrected chi connectivity index (χ1v) is 5.70. The van der Waals surface area contributed by atoms with E-state index in [4.69, 9.17) is 21.4 Å². The Balaban J connectivity index is 2.64. The van der Waals surface area contributed by atoms with E-state index in [1.807, 2.05) is 12.1 Å². The molecule has 0 amide bonds. The summed E-state index contributed by atoms with van der Waals surface area (Å²) in [4.78, 5) is 0. The number of halogens is 1. The SMILES string of the molecule is COCCC(C)Nc1cc(CO)ccc1Cl. The minimum atomic E-state index is 0.0261. The van der Waals surface area contributed by atoms with Crippen LogP contribution in [0.1, 0.15) is 18.9 Å². The quantitative estimate of drug-likeness (QED) is 0.807. The molecule has 0 radical (unpaired) electrons. The molecule has 0 aliphatic carbocycles. The van der Waals surface area contributed by atoms with E-state index in [0.717, 1.165) is 17.7 Å². The molecule has 0 aliphatic rings. The summed E-state index contributed by atoms with van der Waals surface area (Å²) in [6.07, 6.45) is 0.913. The summed E-state index contributed by atoms with van der Waals surface area (Å²) in [5, 5.41) is 13.0. The second kappa shape index (κ2) is 6.74. The Morgan fingerprint density at radius 1 is 1.50 bits per heavy atom. The highest BCUT2D eigenvalue weighted by Gasteiger charge is 2.06. The highest BCUT2D eigenvalue weighted by atomic mass is 35.5. The molecule has 0 heterocycles. The fourth-order valence-electron chi connectivity index (χ4n) is 1.41. The van der Waals surface area contributed by atoms with Gasteiger partial charge in [0.1, 0.15) is 0 Å². The summed E-state index contributed by atoms with van der Waals surface area (Å²) in [6.45, 7) is 2.81. The average molecular weight is 244 g/mol. The second-order valence-electron chi connectivity index (χ2n) is 3.80. The summed E-state index contributed by atoms with van der Waals surface area (Å²) >= 11 is 6.06. The molecule has 16 heavy (non-hydrogen) atoms. The number of hydrogen-bond donors (Lipinski definition) is 2. The molecule has 1 rings (SSSR count). The number of ether oxygens (including phenoxy) is 1. The van der Waals surface area contributed by atoms with Crippen LogP contribution in [-0.2, 0) is 11.3 Å². The molecule has 4 heteroatoms. The normalized spacial score (nSPS) is 12.5. The zero-order valence-electron chi connectivity index (χ0n) is 9.66. The van der Waals surface area contributed by atoms with Gasteiger partial charge in [0.15, 0.2) is 0 Å². The number of benzene rings is 1. The molecule has 1 aromatic carbocycles. The van der Waals surface area contributed by atoms with E-state index in [-0.39, 0.29) is 12.6 Å². The number of anilines is 1. The molecule has 2 N–H and O–H groups in total. The summed E-state index contributed by atoms with van der Waals surface area (Å²) in [5.74, 6) is 0. The van der Waals surface area contributed by atoms with Crippen LogP contribution in [0.15, 0.2) is 18.2 Å². The smallest absolute Gasteiger partial charge is 0.0682 e. The summed E-state index contributed by atoms with van der Waals surface area (Å²) in [7, 11) is 1.69. The van der Waals surface area contributed by atoms with Gasteiger partial charge in [0.25, 0.3) is 0 Å². The first-order valence-electron chi connectivity index (χ1n) is 5.32. The Morgan fingerprint density at radius 3 is 2.88 bits per heavy atom. The molecule has 1 atom stereocenters. The second-order valence-corrected chi connectivity index (χ2v) is 4.21. The van der Waals surface area contributed by atoms with Crippen molar-refractivity contribution in [2.45, 2.75) is 26.0 Å². The van der Waals surface area contributed by atoms with Gasteiger partial charge in [0, 0.05) is 19.8 Å². The van der Waals surface area contributed by atoms with Crippen LogP contribution in [0.25, 0.3) is 0 Å². The Labute approximate surface area is 101 Å². The minimum Gasteiger partial charge on any atom is -0.392 e. The van der Waals surface area contributed by atoms with Crippen molar-refractivity contribution in [3.05, 3.63) is 28.8 Å². The zero-order chi connectivity index (χ0) is 12.0. The largest absolute Gasteiger partial charge is 0.392 e. The molecular weight excluding hydrogens is 226 g/mol. The Hall–Kier alpha value is -0.770. The molecule has 0 spiro atoms. The third kappa shape index (κ3) is 4.00. The van der Waals surface area contributed by atoms with Gasteiger partial charge in [-0.05, 0) is 31.0 Å². The van der Waals surface area contributed by atoms with Crippen LogP contribution < -0.4 is 5.32 Å². The van der Waals surface area contributed by atoms with Crippen LogP contribution in [0.2, 0.25) is 5.02 Å². The van der Waals surface area contributed by atoms with Crippen molar-refractivity contribution in [3.63, 3.8) is 0 Å². The monoisotopic (exact) mass is 243 g/mol. The van der Waals surface area contributed by atoms with Gasteiger partial charge in [-0.3, -0.25) is 0 Å². The zero-order valence-corrected chi connectivity index (χ0v) is 10.4. The van der Waals surface area contributed by atoms with Gasteiger partial charge in [-0.25, -0.2) is 0 Å². The molecule has 0 fully saturated rings. The average Bonchev–Trinajstić information content (AvgIpc) is 2.29. The van der Waals surface area contributed by atoms with Crippen LogP contribution in [-0.4, -0.2) is 24.9 Å². The van der Waals surface area contributed by atoms with E-state index >= 15 is 0 Å². The Kier molecular flexibility index (Phi) is 5.60. The minimum absolute atomic E-state index is 0.0261. The van der Waals surface area contributed by atoms with Crippen LogP contribution in [0, 0.1) is 0 Å². The number of hydrogen-bond acceptors (Lipinski definition) is 3. The molecule has 1 unspecified atom stereocenters. The van der Waals surface area contributed by atoms with Gasteiger partial charge in [0.05, 0.1) is 17.3 Å². The number of rotatable bonds is 6. The van der Waals surface area contributed by atoms with E-state index in [1.54, 1.807) is 13.2 Å². The summed E-state index contributed by atoms with van der Waals surface area (Å²) in [6, 6.07) is 5.75. The van der Waals surface area contributed by atoms with Crippen molar-refractivity contribution in [2.75, 3.05) is 19.0 Å². The van der Waals surface area contributed by atoms with E-state index in [9.17, 15) is 0 Å². The lowest BCUT2D eigenvalue weighted by atomic mass is 10.2. The summed E-state index contributed by atoms with van der Waals surface area (Å²) < 4.78 is 5.01. The molecule has 90 valence electrons. The van der Waals surface area contributed by atoms with Gasteiger partial charge in [0.2, 0.25) is 0 Å². The van der Waals surface area contributed by atoms with Crippen molar-refractivity contribution in [3.8, 4) is 0 Å². The van der Waals surface area contributed by atoms with Crippen molar-refractivity contribution in [1.82, 2.24) is 0 Å². The highest BCUT2D eigenvalue weighted by molar-refractivity contribution is 6.33. The van der Waals surface area contributed by atoms with Crippen LogP contribution >= 0.6 is 11.6 Å². The maximum atomic E-state index is 9.04. The van der Waals surface area contributed by atoms with Crippen molar-refractivity contribution >= 4 is 17.3 Å². The first-order chi connectivity index (χ1) is 7.67. The van der Waals surface area contributed by atoms with Crippen LogP contribution in [0.3, 0.4) is 0 Å². The molecule has 0 aromatic heterocycles. The Bertz CT molecular complexity index is 331.